The van der Waals surface area contributed by atoms with Gasteiger partial charge in [0.25, 0.3) is 0 Å². The zero-order valence-electron chi connectivity index (χ0n) is 10.4. The second-order valence-electron chi connectivity index (χ2n) is 4.30. The molecule has 0 bridgehead atoms. The molecule has 4 nitrogen and oxygen atoms in total. The molecule has 0 spiro atoms. The van der Waals surface area contributed by atoms with Gasteiger partial charge in [-0.15, -0.1) is 11.3 Å². The van der Waals surface area contributed by atoms with E-state index in [0.29, 0.717) is 0 Å². The van der Waals surface area contributed by atoms with Crippen LogP contribution >= 0.6 is 11.3 Å². The van der Waals surface area contributed by atoms with Crippen molar-refractivity contribution in [3.8, 4) is 0 Å². The van der Waals surface area contributed by atoms with Crippen molar-refractivity contribution in [1.29, 1.82) is 0 Å². The average Bonchev–Trinajstić information content (AvgIpc) is 2.61. The van der Waals surface area contributed by atoms with Crippen LogP contribution in [0.1, 0.15) is 24.6 Å². The van der Waals surface area contributed by atoms with Gasteiger partial charge in [0.2, 0.25) is 0 Å². The van der Waals surface area contributed by atoms with Gasteiger partial charge >= 0.3 is 0 Å². The fraction of sp³-hybridized carbons (Fsp3) is 0.750. The highest BCUT2D eigenvalue weighted by Gasteiger charge is 2.11. The lowest BCUT2D eigenvalue weighted by Gasteiger charge is -2.17. The van der Waals surface area contributed by atoms with Crippen LogP contribution < -0.4 is 5.32 Å². The molecule has 0 atom stereocenters. The Balaban J connectivity index is 1.82. The molecule has 2 rings (SSSR count). The maximum atomic E-state index is 5.45. The van der Waals surface area contributed by atoms with E-state index in [1.54, 1.807) is 11.3 Å². The van der Waals surface area contributed by atoms with Crippen LogP contribution in [0.2, 0.25) is 0 Å². The second kappa shape index (κ2) is 6.93. The molecule has 1 saturated heterocycles. The van der Waals surface area contributed by atoms with Crippen LogP contribution in [0.4, 0.5) is 5.13 Å². The van der Waals surface area contributed by atoms with Crippen LogP contribution in [0.25, 0.3) is 0 Å². The Morgan fingerprint density at radius 1 is 1.47 bits per heavy atom. The molecule has 1 fully saturated rings. The second-order valence-corrected chi connectivity index (χ2v) is 5.42. The van der Waals surface area contributed by atoms with Gasteiger partial charge in [0, 0.05) is 43.9 Å². The van der Waals surface area contributed by atoms with Crippen molar-refractivity contribution in [2.75, 3.05) is 38.2 Å². The van der Waals surface area contributed by atoms with Crippen molar-refractivity contribution in [3.05, 3.63) is 11.1 Å². The smallest absolute Gasteiger partial charge is 0.182 e. The fourth-order valence-electron chi connectivity index (χ4n) is 1.87. The molecule has 5 heteroatoms. The molecule has 0 unspecified atom stereocenters. The number of nitrogens with zero attached hydrogens (tertiary/aromatic N) is 2. The van der Waals surface area contributed by atoms with Crippen molar-refractivity contribution in [2.45, 2.75) is 26.3 Å². The predicted octanol–water partition coefficient (Wildman–Crippen LogP) is 2.19. The molecular weight excluding hydrogens is 234 g/mol. The number of nitrogens with one attached hydrogen (secondary N) is 1. The van der Waals surface area contributed by atoms with Gasteiger partial charge in [0.05, 0.1) is 6.61 Å². The first-order valence-electron chi connectivity index (χ1n) is 6.37. The van der Waals surface area contributed by atoms with Gasteiger partial charge in [-0.25, -0.2) is 4.98 Å². The summed E-state index contributed by atoms with van der Waals surface area (Å²) in [6.07, 6.45) is 4.27. The van der Waals surface area contributed by atoms with Crippen LogP contribution in [0.3, 0.4) is 0 Å². The molecule has 1 aliphatic rings. The van der Waals surface area contributed by atoms with Crippen LogP contribution in [-0.4, -0.2) is 42.7 Å². The minimum Gasteiger partial charge on any atom is -0.380 e. The summed E-state index contributed by atoms with van der Waals surface area (Å²) in [4.78, 5) is 8.18. The fourth-order valence-corrected chi connectivity index (χ4v) is 2.75. The third kappa shape index (κ3) is 4.26. The van der Waals surface area contributed by atoms with Crippen LogP contribution in [0.5, 0.6) is 0 Å². The first kappa shape index (κ1) is 12.8. The number of hydrogen-bond acceptors (Lipinski definition) is 5. The molecule has 96 valence electrons. The first-order chi connectivity index (χ1) is 8.38. The van der Waals surface area contributed by atoms with Gasteiger partial charge < -0.3 is 10.1 Å². The van der Waals surface area contributed by atoms with Crippen molar-refractivity contribution >= 4 is 16.5 Å². The zero-order valence-corrected chi connectivity index (χ0v) is 11.3. The predicted molar refractivity (Wildman–Crippen MR) is 71.6 cm³/mol. The Bertz CT molecular complexity index is 321. The van der Waals surface area contributed by atoms with Gasteiger partial charge in [0.15, 0.2) is 5.13 Å². The third-order valence-electron chi connectivity index (χ3n) is 2.77. The Hall–Kier alpha value is -0.650. The highest BCUT2D eigenvalue weighted by molar-refractivity contribution is 7.15. The Morgan fingerprint density at radius 3 is 3.29 bits per heavy atom. The minimum absolute atomic E-state index is 0.861. The van der Waals surface area contributed by atoms with Crippen molar-refractivity contribution < 1.29 is 4.74 Å². The van der Waals surface area contributed by atoms with Crippen molar-refractivity contribution in [1.82, 2.24) is 9.88 Å². The van der Waals surface area contributed by atoms with Gasteiger partial charge in [-0.1, -0.05) is 6.92 Å². The molecule has 0 aliphatic carbocycles. The molecule has 2 heterocycles. The topological polar surface area (TPSA) is 37.4 Å². The number of ether oxygens (including phenoxy) is 1. The lowest BCUT2D eigenvalue weighted by atomic mass is 10.4. The van der Waals surface area contributed by atoms with E-state index in [9.17, 15) is 0 Å². The lowest BCUT2D eigenvalue weighted by Crippen LogP contribution is -2.25. The quantitative estimate of drug-likeness (QED) is 0.875. The zero-order chi connectivity index (χ0) is 11.9. The van der Waals surface area contributed by atoms with Gasteiger partial charge in [-0.2, -0.15) is 0 Å². The summed E-state index contributed by atoms with van der Waals surface area (Å²) in [5, 5.41) is 4.38. The largest absolute Gasteiger partial charge is 0.380 e. The molecule has 0 amide bonds. The maximum absolute atomic E-state index is 5.45. The van der Waals surface area contributed by atoms with E-state index in [1.807, 2.05) is 6.20 Å². The van der Waals surface area contributed by atoms with E-state index >= 15 is 0 Å². The standard InChI is InChI=1S/C12H21N3OS/c1-2-4-13-12-14-9-11(17-12)10-15-5-3-7-16-8-6-15/h9H,2-8,10H2,1H3,(H,13,14). The van der Waals surface area contributed by atoms with Gasteiger partial charge in [-0.05, 0) is 12.8 Å². The number of aromatic nitrogens is 1. The van der Waals surface area contributed by atoms with E-state index < -0.39 is 0 Å². The van der Waals surface area contributed by atoms with Gasteiger partial charge in [-0.3, -0.25) is 4.90 Å². The summed E-state index contributed by atoms with van der Waals surface area (Å²) in [6.45, 7) is 8.12. The third-order valence-corrected chi connectivity index (χ3v) is 3.71. The molecule has 1 aromatic rings. The molecule has 1 N–H and O–H groups in total. The summed E-state index contributed by atoms with van der Waals surface area (Å²) in [5.41, 5.74) is 0. The van der Waals surface area contributed by atoms with Crippen LogP contribution in [0.15, 0.2) is 6.20 Å². The molecular formula is C12H21N3OS. The highest BCUT2D eigenvalue weighted by atomic mass is 32.1. The number of rotatable bonds is 5. The molecule has 1 aromatic heterocycles. The number of thiazole rings is 1. The molecule has 17 heavy (non-hydrogen) atoms. The molecule has 0 aromatic carbocycles. The molecule has 0 saturated carbocycles. The van der Waals surface area contributed by atoms with Crippen molar-refractivity contribution in [2.24, 2.45) is 0 Å². The van der Waals surface area contributed by atoms with Crippen LogP contribution in [-0.2, 0) is 11.3 Å². The summed E-state index contributed by atoms with van der Waals surface area (Å²) in [7, 11) is 0. The van der Waals surface area contributed by atoms with E-state index in [2.05, 4.69) is 22.1 Å². The lowest BCUT2D eigenvalue weighted by molar-refractivity contribution is 0.140. The van der Waals surface area contributed by atoms with E-state index in [-0.39, 0.29) is 0 Å². The average molecular weight is 255 g/mol. The maximum Gasteiger partial charge on any atom is 0.182 e. The SMILES string of the molecule is CCCNc1ncc(CN2CCCOCC2)s1. The van der Waals surface area contributed by atoms with Gasteiger partial charge in [0.1, 0.15) is 0 Å². The molecule has 1 aliphatic heterocycles. The van der Waals surface area contributed by atoms with Crippen molar-refractivity contribution in [3.63, 3.8) is 0 Å². The minimum atomic E-state index is 0.861. The first-order valence-corrected chi connectivity index (χ1v) is 7.19. The Kier molecular flexibility index (Phi) is 5.22. The summed E-state index contributed by atoms with van der Waals surface area (Å²) >= 11 is 1.77. The Labute approximate surface area is 107 Å². The van der Waals surface area contributed by atoms with E-state index in [1.165, 1.54) is 4.88 Å². The summed E-state index contributed by atoms with van der Waals surface area (Å²) < 4.78 is 5.45. The van der Waals surface area contributed by atoms with Crippen LogP contribution in [0, 0.1) is 0 Å². The monoisotopic (exact) mass is 255 g/mol. The molecule has 0 radical (unpaired) electrons. The highest BCUT2D eigenvalue weighted by Crippen LogP contribution is 2.20. The van der Waals surface area contributed by atoms with E-state index in [0.717, 1.165) is 57.4 Å². The summed E-state index contributed by atoms with van der Waals surface area (Å²) in [5.74, 6) is 0. The summed E-state index contributed by atoms with van der Waals surface area (Å²) in [6, 6.07) is 0. The van der Waals surface area contributed by atoms with E-state index in [4.69, 9.17) is 4.74 Å². The number of hydrogen-bond donors (Lipinski definition) is 1. The normalized spacial score (nSPS) is 17.9. The number of anilines is 1. The Morgan fingerprint density at radius 2 is 2.41 bits per heavy atom.